The molecule has 0 fully saturated rings. The molecule has 1 heterocycles. The molecule has 1 unspecified atom stereocenters. The second kappa shape index (κ2) is 7.81. The number of H-pyrrole nitrogens is 1. The number of rotatable bonds is 8. The number of aromatic amines is 1. The standard InChI is InChI=1S/C16H23N3O2/c1-12(18-7-6-15-9-17-11-19-15)13-4-5-16(21-3)14(8-13)10-20-2/h4-5,8-9,11-12,18H,6-7,10H2,1-3H3,(H,17,19). The van der Waals surface area contributed by atoms with Gasteiger partial charge in [0.1, 0.15) is 5.75 Å². The van der Waals surface area contributed by atoms with Crippen molar-refractivity contribution in [2.24, 2.45) is 0 Å². The number of ether oxygens (including phenoxy) is 2. The van der Waals surface area contributed by atoms with Crippen LogP contribution >= 0.6 is 0 Å². The molecule has 2 aromatic rings. The second-order valence-corrected chi connectivity index (χ2v) is 5.01. The molecule has 1 aromatic carbocycles. The Kier molecular flexibility index (Phi) is 5.78. The Bertz CT molecular complexity index is 540. The molecule has 5 nitrogen and oxygen atoms in total. The van der Waals surface area contributed by atoms with Gasteiger partial charge in [-0.05, 0) is 24.6 Å². The maximum atomic E-state index is 5.35. The van der Waals surface area contributed by atoms with Crippen LogP contribution < -0.4 is 10.1 Å². The third-order valence-corrected chi connectivity index (χ3v) is 3.50. The molecule has 0 radical (unpaired) electrons. The Labute approximate surface area is 125 Å². The third kappa shape index (κ3) is 4.31. The second-order valence-electron chi connectivity index (χ2n) is 5.01. The van der Waals surface area contributed by atoms with Gasteiger partial charge in [0.2, 0.25) is 0 Å². The lowest BCUT2D eigenvalue weighted by Crippen LogP contribution is -2.21. The lowest BCUT2D eigenvalue weighted by molar-refractivity contribution is 0.181. The number of nitrogens with zero attached hydrogens (tertiary/aromatic N) is 1. The van der Waals surface area contributed by atoms with E-state index < -0.39 is 0 Å². The summed E-state index contributed by atoms with van der Waals surface area (Å²) in [6.45, 7) is 3.61. The number of imidazole rings is 1. The van der Waals surface area contributed by atoms with Gasteiger partial charge in [-0.15, -0.1) is 0 Å². The summed E-state index contributed by atoms with van der Waals surface area (Å²) >= 11 is 0. The predicted molar refractivity (Wildman–Crippen MR) is 82.4 cm³/mol. The van der Waals surface area contributed by atoms with E-state index in [1.54, 1.807) is 20.5 Å². The summed E-state index contributed by atoms with van der Waals surface area (Å²) in [7, 11) is 3.37. The van der Waals surface area contributed by atoms with Crippen molar-refractivity contribution >= 4 is 0 Å². The maximum Gasteiger partial charge on any atom is 0.124 e. The molecule has 5 heteroatoms. The zero-order chi connectivity index (χ0) is 15.1. The topological polar surface area (TPSA) is 59.2 Å². The van der Waals surface area contributed by atoms with Gasteiger partial charge in [-0.1, -0.05) is 6.07 Å². The molecule has 2 rings (SSSR count). The summed E-state index contributed by atoms with van der Waals surface area (Å²) in [5, 5.41) is 3.51. The van der Waals surface area contributed by atoms with Crippen molar-refractivity contribution in [1.29, 1.82) is 0 Å². The molecule has 0 spiro atoms. The van der Waals surface area contributed by atoms with E-state index in [0.717, 1.165) is 30.0 Å². The third-order valence-electron chi connectivity index (χ3n) is 3.50. The molecule has 0 aliphatic carbocycles. The highest BCUT2D eigenvalue weighted by Crippen LogP contribution is 2.24. The molecule has 0 saturated heterocycles. The van der Waals surface area contributed by atoms with E-state index in [1.165, 1.54) is 5.56 Å². The van der Waals surface area contributed by atoms with Gasteiger partial charge in [0.15, 0.2) is 0 Å². The van der Waals surface area contributed by atoms with Crippen LogP contribution in [0.4, 0.5) is 0 Å². The van der Waals surface area contributed by atoms with E-state index in [1.807, 2.05) is 12.3 Å². The van der Waals surface area contributed by atoms with Crippen LogP contribution in [-0.2, 0) is 17.8 Å². The van der Waals surface area contributed by atoms with Gasteiger partial charge >= 0.3 is 0 Å². The SMILES string of the molecule is COCc1cc(C(C)NCCc2cnc[nH]2)ccc1OC. The average Bonchev–Trinajstić information content (AvgIpc) is 3.00. The quantitative estimate of drug-likeness (QED) is 0.784. The van der Waals surface area contributed by atoms with Gasteiger partial charge in [-0.25, -0.2) is 4.98 Å². The monoisotopic (exact) mass is 289 g/mol. The zero-order valence-corrected chi connectivity index (χ0v) is 12.8. The lowest BCUT2D eigenvalue weighted by Gasteiger charge is -2.16. The van der Waals surface area contributed by atoms with Gasteiger partial charge < -0.3 is 19.8 Å². The lowest BCUT2D eigenvalue weighted by atomic mass is 10.0. The molecular weight excluding hydrogens is 266 g/mol. The molecular formula is C16H23N3O2. The first-order valence-electron chi connectivity index (χ1n) is 7.11. The van der Waals surface area contributed by atoms with Crippen LogP contribution in [0.2, 0.25) is 0 Å². The smallest absolute Gasteiger partial charge is 0.124 e. The van der Waals surface area contributed by atoms with Crippen molar-refractivity contribution in [2.75, 3.05) is 20.8 Å². The fraction of sp³-hybridized carbons (Fsp3) is 0.438. The fourth-order valence-electron chi connectivity index (χ4n) is 2.30. The van der Waals surface area contributed by atoms with Gasteiger partial charge in [0.05, 0.1) is 20.0 Å². The summed E-state index contributed by atoms with van der Waals surface area (Å²) in [6.07, 6.45) is 4.50. The predicted octanol–water partition coefficient (Wildman–Crippen LogP) is 2.46. The molecule has 21 heavy (non-hydrogen) atoms. The summed E-state index contributed by atoms with van der Waals surface area (Å²) in [4.78, 5) is 7.13. The first kappa shape index (κ1) is 15.5. The molecule has 2 N–H and O–H groups in total. The maximum absolute atomic E-state index is 5.35. The molecule has 0 saturated carbocycles. The number of methoxy groups -OCH3 is 2. The molecule has 0 aliphatic rings. The highest BCUT2D eigenvalue weighted by Gasteiger charge is 2.09. The highest BCUT2D eigenvalue weighted by molar-refractivity contribution is 5.38. The Morgan fingerprint density at radius 3 is 2.86 bits per heavy atom. The molecule has 1 aromatic heterocycles. The highest BCUT2D eigenvalue weighted by atomic mass is 16.5. The van der Waals surface area contributed by atoms with E-state index >= 15 is 0 Å². The van der Waals surface area contributed by atoms with Crippen LogP contribution in [-0.4, -0.2) is 30.7 Å². The Hall–Kier alpha value is -1.85. The minimum Gasteiger partial charge on any atom is -0.496 e. The van der Waals surface area contributed by atoms with Crippen molar-refractivity contribution in [3.63, 3.8) is 0 Å². The Morgan fingerprint density at radius 2 is 2.19 bits per heavy atom. The van der Waals surface area contributed by atoms with Crippen LogP contribution in [0.5, 0.6) is 5.75 Å². The first-order valence-corrected chi connectivity index (χ1v) is 7.11. The van der Waals surface area contributed by atoms with Crippen molar-refractivity contribution in [3.05, 3.63) is 47.5 Å². The van der Waals surface area contributed by atoms with E-state index in [4.69, 9.17) is 9.47 Å². The summed E-state index contributed by atoms with van der Waals surface area (Å²) in [6, 6.07) is 6.49. The number of nitrogens with one attached hydrogen (secondary N) is 2. The van der Waals surface area contributed by atoms with Gasteiger partial charge in [0, 0.05) is 43.6 Å². The van der Waals surface area contributed by atoms with Gasteiger partial charge in [0.25, 0.3) is 0 Å². The zero-order valence-electron chi connectivity index (χ0n) is 12.8. The largest absolute Gasteiger partial charge is 0.496 e. The van der Waals surface area contributed by atoms with E-state index in [2.05, 4.69) is 34.3 Å². The fourth-order valence-corrected chi connectivity index (χ4v) is 2.30. The number of hydrogen-bond donors (Lipinski definition) is 2. The van der Waals surface area contributed by atoms with Gasteiger partial charge in [-0.3, -0.25) is 0 Å². The van der Waals surface area contributed by atoms with Crippen LogP contribution in [0.25, 0.3) is 0 Å². The molecule has 0 amide bonds. The molecule has 0 bridgehead atoms. The van der Waals surface area contributed by atoms with E-state index in [-0.39, 0.29) is 6.04 Å². The molecule has 0 aliphatic heterocycles. The van der Waals surface area contributed by atoms with Gasteiger partial charge in [-0.2, -0.15) is 0 Å². The Morgan fingerprint density at radius 1 is 1.33 bits per heavy atom. The molecule has 114 valence electrons. The van der Waals surface area contributed by atoms with Crippen LogP contribution in [0.1, 0.15) is 29.8 Å². The van der Waals surface area contributed by atoms with Crippen LogP contribution in [0.15, 0.2) is 30.7 Å². The van der Waals surface area contributed by atoms with Crippen LogP contribution in [0.3, 0.4) is 0 Å². The minimum atomic E-state index is 0.273. The van der Waals surface area contributed by atoms with E-state index in [9.17, 15) is 0 Å². The van der Waals surface area contributed by atoms with Crippen molar-refractivity contribution < 1.29 is 9.47 Å². The van der Waals surface area contributed by atoms with E-state index in [0.29, 0.717) is 6.61 Å². The summed E-state index contributed by atoms with van der Waals surface area (Å²) in [5.41, 5.74) is 3.44. The minimum absolute atomic E-state index is 0.273. The normalized spacial score (nSPS) is 12.3. The number of benzene rings is 1. The van der Waals surface area contributed by atoms with Crippen molar-refractivity contribution in [1.82, 2.24) is 15.3 Å². The molecule has 1 atom stereocenters. The van der Waals surface area contributed by atoms with Crippen molar-refractivity contribution in [2.45, 2.75) is 26.0 Å². The summed E-state index contributed by atoms with van der Waals surface area (Å²) in [5.74, 6) is 0.866. The average molecular weight is 289 g/mol. The number of hydrogen-bond acceptors (Lipinski definition) is 4. The first-order chi connectivity index (χ1) is 10.2. The van der Waals surface area contributed by atoms with Crippen LogP contribution in [0, 0.1) is 0 Å². The summed E-state index contributed by atoms with van der Waals surface area (Å²) < 4.78 is 10.6. The number of aromatic nitrogens is 2. The Balaban J connectivity index is 1.94. The van der Waals surface area contributed by atoms with Crippen molar-refractivity contribution in [3.8, 4) is 5.75 Å².